The molecule has 0 aromatic heterocycles. The number of rotatable bonds is 50. The van der Waals surface area contributed by atoms with Gasteiger partial charge in [0, 0.05) is 19.3 Å². The highest BCUT2D eigenvalue weighted by Crippen LogP contribution is 2.18. The highest BCUT2D eigenvalue weighted by molar-refractivity contribution is 5.71. The first kappa shape index (κ1) is 60.4. The van der Waals surface area contributed by atoms with Crippen molar-refractivity contribution in [3.63, 3.8) is 0 Å². The van der Waals surface area contributed by atoms with Crippen LogP contribution in [0.3, 0.4) is 0 Å². The van der Waals surface area contributed by atoms with E-state index in [0.717, 1.165) is 69.6 Å². The van der Waals surface area contributed by atoms with Gasteiger partial charge < -0.3 is 14.2 Å². The second-order valence-electron chi connectivity index (χ2n) is 20.2. The van der Waals surface area contributed by atoms with Crippen LogP contribution in [0, 0.1) is 11.8 Å². The van der Waals surface area contributed by atoms with E-state index < -0.39 is 6.10 Å². The molecule has 0 spiro atoms. The molecule has 0 bridgehead atoms. The summed E-state index contributed by atoms with van der Waals surface area (Å²) in [6.07, 6.45) is 51.0. The van der Waals surface area contributed by atoms with Crippen LogP contribution in [-0.2, 0) is 28.6 Å². The summed E-state index contributed by atoms with van der Waals surface area (Å²) < 4.78 is 16.8. The number of unbranched alkanes of at least 4 members (excludes halogenated alkanes) is 35. The average Bonchev–Trinajstić information content (AvgIpc) is 3.24. The lowest BCUT2D eigenvalue weighted by molar-refractivity contribution is -0.167. The first-order valence-electron chi connectivity index (χ1n) is 27.7. The van der Waals surface area contributed by atoms with E-state index in [1.807, 2.05) is 0 Å². The van der Waals surface area contributed by atoms with Gasteiger partial charge in [0.25, 0.3) is 0 Å². The molecular weight excluding hydrogens is 769 g/mol. The van der Waals surface area contributed by atoms with Gasteiger partial charge in [-0.25, -0.2) is 0 Å². The normalized spacial score (nSPS) is 12.0. The molecule has 0 N–H and O–H groups in total. The number of hydrogen-bond donors (Lipinski definition) is 0. The Bertz CT molecular complexity index is 947. The zero-order chi connectivity index (χ0) is 45.4. The lowest BCUT2D eigenvalue weighted by Gasteiger charge is -2.18. The van der Waals surface area contributed by atoms with Gasteiger partial charge in [-0.2, -0.15) is 0 Å². The summed E-state index contributed by atoms with van der Waals surface area (Å²) in [5.41, 5.74) is 0. The molecule has 0 radical (unpaired) electrons. The standard InChI is InChI=1S/C56H108O6/c1-6-7-8-9-10-11-12-13-14-15-16-17-18-23-26-33-38-43-48-56(59)62-53(50-61-55(58)47-42-37-32-28-27-30-35-40-45-52(4)5)49-60-54(57)46-41-36-31-25-22-20-19-21-24-29-34-39-44-51(2)3/h51-53H,6-50H2,1-5H3/t53-/m0/s1. The molecule has 0 fully saturated rings. The zero-order valence-electron chi connectivity index (χ0n) is 42.5. The van der Waals surface area contributed by atoms with Gasteiger partial charge in [0.1, 0.15) is 13.2 Å². The fourth-order valence-electron chi connectivity index (χ4n) is 8.52. The van der Waals surface area contributed by atoms with Crippen LogP contribution >= 0.6 is 0 Å². The predicted octanol–water partition coefficient (Wildman–Crippen LogP) is 18.1. The summed E-state index contributed by atoms with van der Waals surface area (Å²) in [5.74, 6) is 0.785. The van der Waals surface area contributed by atoms with Crippen LogP contribution in [0.25, 0.3) is 0 Å². The van der Waals surface area contributed by atoms with E-state index >= 15 is 0 Å². The van der Waals surface area contributed by atoms with Crippen molar-refractivity contribution in [3.05, 3.63) is 0 Å². The zero-order valence-corrected chi connectivity index (χ0v) is 42.5. The molecule has 6 nitrogen and oxygen atoms in total. The maximum atomic E-state index is 12.8. The average molecular weight is 877 g/mol. The third-order valence-corrected chi connectivity index (χ3v) is 12.7. The Labute approximate surface area is 387 Å². The van der Waals surface area contributed by atoms with Crippen molar-refractivity contribution in [2.75, 3.05) is 13.2 Å². The van der Waals surface area contributed by atoms with E-state index in [1.54, 1.807) is 0 Å². The van der Waals surface area contributed by atoms with Gasteiger partial charge in [0.05, 0.1) is 0 Å². The maximum Gasteiger partial charge on any atom is 0.306 e. The lowest BCUT2D eigenvalue weighted by atomic mass is 10.0. The van der Waals surface area contributed by atoms with Crippen LogP contribution in [-0.4, -0.2) is 37.2 Å². The molecule has 0 aliphatic rings. The van der Waals surface area contributed by atoms with Crippen LogP contribution < -0.4 is 0 Å². The van der Waals surface area contributed by atoms with E-state index in [2.05, 4.69) is 34.6 Å². The number of carbonyl (C=O) groups is 3. The van der Waals surface area contributed by atoms with Crippen molar-refractivity contribution in [2.45, 2.75) is 317 Å². The predicted molar refractivity (Wildman–Crippen MR) is 266 cm³/mol. The van der Waals surface area contributed by atoms with Crippen LogP contribution in [0.5, 0.6) is 0 Å². The first-order valence-corrected chi connectivity index (χ1v) is 27.7. The molecule has 0 aliphatic heterocycles. The summed E-state index contributed by atoms with van der Waals surface area (Å²) in [6, 6.07) is 0. The minimum absolute atomic E-state index is 0.0636. The maximum absolute atomic E-state index is 12.8. The van der Waals surface area contributed by atoms with Crippen molar-refractivity contribution >= 4 is 17.9 Å². The summed E-state index contributed by atoms with van der Waals surface area (Å²) in [7, 11) is 0. The summed E-state index contributed by atoms with van der Waals surface area (Å²) in [5, 5.41) is 0. The molecule has 0 saturated carbocycles. The number of hydrogen-bond acceptors (Lipinski definition) is 6. The lowest BCUT2D eigenvalue weighted by Crippen LogP contribution is -2.30. The van der Waals surface area contributed by atoms with Gasteiger partial charge in [-0.3, -0.25) is 14.4 Å². The molecule has 0 aromatic carbocycles. The topological polar surface area (TPSA) is 78.9 Å². The molecular formula is C56H108O6. The van der Waals surface area contributed by atoms with Crippen LogP contribution in [0.2, 0.25) is 0 Å². The molecule has 0 heterocycles. The molecule has 1 atom stereocenters. The molecule has 0 aromatic rings. The molecule has 0 rings (SSSR count). The Morgan fingerprint density at radius 1 is 0.306 bits per heavy atom. The Morgan fingerprint density at radius 2 is 0.532 bits per heavy atom. The van der Waals surface area contributed by atoms with E-state index in [-0.39, 0.29) is 31.1 Å². The third-order valence-electron chi connectivity index (χ3n) is 12.7. The van der Waals surface area contributed by atoms with Crippen molar-refractivity contribution in [3.8, 4) is 0 Å². The van der Waals surface area contributed by atoms with Crippen molar-refractivity contribution < 1.29 is 28.6 Å². The van der Waals surface area contributed by atoms with Crippen LogP contribution in [0.15, 0.2) is 0 Å². The quantitative estimate of drug-likeness (QED) is 0.0344. The minimum atomic E-state index is -0.762. The van der Waals surface area contributed by atoms with E-state index in [0.29, 0.717) is 19.3 Å². The van der Waals surface area contributed by atoms with Gasteiger partial charge in [-0.1, -0.05) is 272 Å². The fourth-order valence-corrected chi connectivity index (χ4v) is 8.52. The Morgan fingerprint density at radius 3 is 0.790 bits per heavy atom. The molecule has 0 aliphatic carbocycles. The van der Waals surface area contributed by atoms with Crippen molar-refractivity contribution in [1.82, 2.24) is 0 Å². The Hall–Kier alpha value is -1.59. The SMILES string of the molecule is CCCCCCCCCCCCCCCCCCCCC(=O)O[C@@H](COC(=O)CCCCCCCCCCCCCCC(C)C)COC(=O)CCCCCCCCCCC(C)C. The number of esters is 3. The van der Waals surface area contributed by atoms with Crippen LogP contribution in [0.1, 0.15) is 311 Å². The second-order valence-corrected chi connectivity index (χ2v) is 20.2. The van der Waals surface area contributed by atoms with Crippen LogP contribution in [0.4, 0.5) is 0 Å². The van der Waals surface area contributed by atoms with E-state index in [1.165, 1.54) is 199 Å². The van der Waals surface area contributed by atoms with Crippen molar-refractivity contribution in [1.29, 1.82) is 0 Å². The number of ether oxygens (including phenoxy) is 3. The molecule has 0 unspecified atom stereocenters. The Kier molecular flexibility index (Phi) is 47.6. The van der Waals surface area contributed by atoms with Gasteiger partial charge in [0.2, 0.25) is 0 Å². The van der Waals surface area contributed by atoms with Gasteiger partial charge in [-0.05, 0) is 31.1 Å². The summed E-state index contributed by atoms with van der Waals surface area (Å²) in [6.45, 7) is 11.4. The van der Waals surface area contributed by atoms with E-state index in [4.69, 9.17) is 14.2 Å². The third kappa shape index (κ3) is 49.4. The number of carbonyl (C=O) groups excluding carboxylic acids is 3. The second kappa shape index (κ2) is 48.9. The molecule has 0 saturated heterocycles. The minimum Gasteiger partial charge on any atom is -0.462 e. The fraction of sp³-hybridized carbons (Fsp3) is 0.946. The monoisotopic (exact) mass is 877 g/mol. The molecule has 62 heavy (non-hydrogen) atoms. The van der Waals surface area contributed by atoms with Gasteiger partial charge in [0.15, 0.2) is 6.10 Å². The summed E-state index contributed by atoms with van der Waals surface area (Å²) >= 11 is 0. The van der Waals surface area contributed by atoms with Gasteiger partial charge >= 0.3 is 17.9 Å². The van der Waals surface area contributed by atoms with E-state index in [9.17, 15) is 14.4 Å². The molecule has 0 amide bonds. The first-order chi connectivity index (χ1) is 30.2. The summed E-state index contributed by atoms with van der Waals surface area (Å²) in [4.78, 5) is 38.0. The highest BCUT2D eigenvalue weighted by Gasteiger charge is 2.19. The molecule has 6 heteroatoms. The smallest absolute Gasteiger partial charge is 0.306 e. The largest absolute Gasteiger partial charge is 0.462 e. The van der Waals surface area contributed by atoms with Crippen molar-refractivity contribution in [2.24, 2.45) is 11.8 Å². The van der Waals surface area contributed by atoms with Gasteiger partial charge in [-0.15, -0.1) is 0 Å². The Balaban J connectivity index is 4.28. The highest BCUT2D eigenvalue weighted by atomic mass is 16.6. The molecule has 368 valence electrons.